The monoisotopic (exact) mass is 286 g/mol. The zero-order valence-corrected chi connectivity index (χ0v) is 13.6. The molecule has 3 nitrogen and oxygen atoms in total. The maximum atomic E-state index is 12.5. The van der Waals surface area contributed by atoms with Crippen molar-refractivity contribution in [2.24, 2.45) is 0 Å². The molecule has 0 unspecified atom stereocenters. The number of aliphatic carboxylic acids is 1. The molecule has 4 heteroatoms. The van der Waals surface area contributed by atoms with E-state index >= 15 is 0 Å². The number of carboxylic acid groups (broad SMARTS) is 1. The first-order valence-corrected chi connectivity index (χ1v) is 6.30. The molecule has 21 heavy (non-hydrogen) atoms. The zero-order chi connectivity index (χ0) is 14.1. The minimum Gasteiger partial charge on any atom is -0.550 e. The molecule has 0 N–H and O–H groups in total. The van der Waals surface area contributed by atoms with Crippen molar-refractivity contribution in [2.45, 2.75) is 6.42 Å². The Hall–Kier alpha value is -1.68. The van der Waals surface area contributed by atoms with Crippen molar-refractivity contribution in [2.75, 3.05) is 0 Å². The molecular weight excluding hydrogens is 275 g/mol. The van der Waals surface area contributed by atoms with Crippen LogP contribution in [-0.2, 0) is 11.2 Å². The van der Waals surface area contributed by atoms with Gasteiger partial charge < -0.3 is 9.90 Å². The fourth-order valence-corrected chi connectivity index (χ4v) is 2.41. The molecule has 98 valence electrons. The Balaban J connectivity index is 0.00000161. The van der Waals surface area contributed by atoms with Gasteiger partial charge in [0.25, 0.3) is 0 Å². The molecule has 0 atom stereocenters. The number of benzene rings is 2. The van der Waals surface area contributed by atoms with Gasteiger partial charge in [0.15, 0.2) is 5.43 Å². The summed E-state index contributed by atoms with van der Waals surface area (Å²) in [6, 6.07) is 16.2. The first kappa shape index (κ1) is 15.7. The molecule has 0 aliphatic heterocycles. The summed E-state index contributed by atoms with van der Waals surface area (Å²) in [5.41, 5.74) is 0.591. The van der Waals surface area contributed by atoms with Gasteiger partial charge in [-0.1, -0.05) is 54.6 Å². The van der Waals surface area contributed by atoms with Gasteiger partial charge in [-0.3, -0.25) is 4.79 Å². The minimum atomic E-state index is -1.13. The predicted octanol–water partition coefficient (Wildman–Crippen LogP) is -1.35. The molecular formula is C17H11NaO3. The van der Waals surface area contributed by atoms with Crippen molar-refractivity contribution < 1.29 is 39.5 Å². The molecule has 0 aromatic heterocycles. The summed E-state index contributed by atoms with van der Waals surface area (Å²) in [6.45, 7) is 0. The smallest absolute Gasteiger partial charge is 0.550 e. The van der Waals surface area contributed by atoms with Crippen LogP contribution in [0, 0.1) is 0 Å². The third kappa shape index (κ3) is 3.16. The van der Waals surface area contributed by atoms with Crippen LogP contribution >= 0.6 is 0 Å². The minimum absolute atomic E-state index is 0. The van der Waals surface area contributed by atoms with Gasteiger partial charge in [-0.05, 0) is 16.3 Å². The van der Waals surface area contributed by atoms with Gasteiger partial charge in [-0.25, -0.2) is 0 Å². The number of hydrogen-bond donors (Lipinski definition) is 0. The van der Waals surface area contributed by atoms with E-state index in [4.69, 9.17) is 0 Å². The van der Waals surface area contributed by atoms with E-state index in [1.54, 1.807) is 24.3 Å². The van der Waals surface area contributed by atoms with Crippen molar-refractivity contribution in [1.29, 1.82) is 0 Å². The third-order valence-corrected chi connectivity index (χ3v) is 3.36. The molecule has 3 aromatic carbocycles. The first-order valence-electron chi connectivity index (χ1n) is 6.30. The largest absolute Gasteiger partial charge is 1.00 e. The summed E-state index contributed by atoms with van der Waals surface area (Å²) in [5, 5.41) is 13.5. The quantitative estimate of drug-likeness (QED) is 0.547. The molecule has 0 saturated heterocycles. The number of carbonyl (C=O) groups is 1. The Morgan fingerprint density at radius 3 is 2.33 bits per heavy atom. The van der Waals surface area contributed by atoms with Crippen LogP contribution in [0.3, 0.4) is 0 Å². The Labute approximate surface area is 143 Å². The summed E-state index contributed by atoms with van der Waals surface area (Å²) in [6.07, 6.45) is -0.151. The van der Waals surface area contributed by atoms with E-state index in [9.17, 15) is 14.7 Å². The molecule has 0 fully saturated rings. The van der Waals surface area contributed by atoms with E-state index in [0.717, 1.165) is 10.8 Å². The number of hydrogen-bond acceptors (Lipinski definition) is 3. The molecule has 0 bridgehead atoms. The number of rotatable bonds is 2. The van der Waals surface area contributed by atoms with Gasteiger partial charge >= 0.3 is 29.6 Å². The normalized spacial score (nSPS) is 10.3. The van der Waals surface area contributed by atoms with E-state index in [0.29, 0.717) is 16.3 Å². The van der Waals surface area contributed by atoms with Crippen LogP contribution in [0.25, 0.3) is 21.5 Å². The fourth-order valence-electron chi connectivity index (χ4n) is 2.41. The predicted molar refractivity (Wildman–Crippen MR) is 76.4 cm³/mol. The SMILES string of the molecule is O=C([O-])Cc1ccc2c(=O)c3ccccc3ccc2c1.[Na+]. The van der Waals surface area contributed by atoms with Crippen LogP contribution in [0.1, 0.15) is 5.56 Å². The maximum absolute atomic E-state index is 12.5. The second-order valence-electron chi connectivity index (χ2n) is 4.72. The average Bonchev–Trinajstić information content (AvgIpc) is 2.57. The van der Waals surface area contributed by atoms with Crippen molar-refractivity contribution in [3.05, 3.63) is 70.4 Å². The fraction of sp³-hybridized carbons (Fsp3) is 0.0588. The van der Waals surface area contributed by atoms with Crippen molar-refractivity contribution in [1.82, 2.24) is 0 Å². The second-order valence-corrected chi connectivity index (χ2v) is 4.72. The van der Waals surface area contributed by atoms with E-state index in [2.05, 4.69) is 0 Å². The van der Waals surface area contributed by atoms with Crippen molar-refractivity contribution in [3.8, 4) is 0 Å². The van der Waals surface area contributed by atoms with Gasteiger partial charge in [-0.2, -0.15) is 0 Å². The van der Waals surface area contributed by atoms with Gasteiger partial charge in [0.2, 0.25) is 0 Å². The second kappa shape index (κ2) is 6.39. The first-order chi connectivity index (χ1) is 9.65. The van der Waals surface area contributed by atoms with E-state index < -0.39 is 5.97 Å². The number of carboxylic acids is 1. The molecule has 0 aliphatic rings. The van der Waals surface area contributed by atoms with Crippen LogP contribution in [0.4, 0.5) is 0 Å². The zero-order valence-electron chi connectivity index (χ0n) is 11.6. The Bertz CT molecular complexity index is 887. The summed E-state index contributed by atoms with van der Waals surface area (Å²) < 4.78 is 0. The van der Waals surface area contributed by atoms with Crippen LogP contribution < -0.4 is 40.1 Å². The maximum Gasteiger partial charge on any atom is 1.00 e. The van der Waals surface area contributed by atoms with Gasteiger partial charge in [0.1, 0.15) is 0 Å². The Morgan fingerprint density at radius 2 is 1.57 bits per heavy atom. The standard InChI is InChI=1S/C17H12O3.Na/c18-16(19)10-11-5-8-15-13(9-11)7-6-12-3-1-2-4-14(12)17(15)20;/h1-9H,10H2,(H,18,19);/q;+1/p-1. The summed E-state index contributed by atoms with van der Waals surface area (Å²) in [5.74, 6) is -1.13. The molecule has 0 amide bonds. The van der Waals surface area contributed by atoms with Gasteiger partial charge in [0, 0.05) is 23.2 Å². The summed E-state index contributed by atoms with van der Waals surface area (Å²) in [4.78, 5) is 23.1. The summed E-state index contributed by atoms with van der Waals surface area (Å²) in [7, 11) is 0. The molecule has 0 heterocycles. The molecule has 3 aromatic rings. The van der Waals surface area contributed by atoms with Crippen LogP contribution in [0.2, 0.25) is 0 Å². The van der Waals surface area contributed by atoms with Crippen LogP contribution in [0.15, 0.2) is 59.4 Å². The van der Waals surface area contributed by atoms with Crippen molar-refractivity contribution >= 4 is 27.5 Å². The molecule has 3 rings (SSSR count). The molecule has 0 radical (unpaired) electrons. The van der Waals surface area contributed by atoms with Crippen molar-refractivity contribution in [3.63, 3.8) is 0 Å². The van der Waals surface area contributed by atoms with E-state index in [-0.39, 0.29) is 41.4 Å². The van der Waals surface area contributed by atoms with Gasteiger partial charge in [-0.15, -0.1) is 0 Å². The molecule has 0 aliphatic carbocycles. The van der Waals surface area contributed by atoms with E-state index in [1.807, 2.05) is 30.3 Å². The summed E-state index contributed by atoms with van der Waals surface area (Å²) >= 11 is 0. The number of fused-ring (bicyclic) bond motifs is 2. The van der Waals surface area contributed by atoms with E-state index in [1.165, 1.54) is 0 Å². The Kier molecular flexibility index (Phi) is 4.78. The van der Waals surface area contributed by atoms with Crippen LogP contribution in [0.5, 0.6) is 0 Å². The molecule has 0 saturated carbocycles. The van der Waals surface area contributed by atoms with Crippen LogP contribution in [-0.4, -0.2) is 5.97 Å². The Morgan fingerprint density at radius 1 is 0.905 bits per heavy atom. The van der Waals surface area contributed by atoms with Gasteiger partial charge in [0.05, 0.1) is 0 Å². The number of carbonyl (C=O) groups excluding carboxylic acids is 1. The topological polar surface area (TPSA) is 57.2 Å². The molecule has 0 spiro atoms. The third-order valence-electron chi connectivity index (χ3n) is 3.36. The average molecular weight is 286 g/mol.